The Bertz CT molecular complexity index is 598. The van der Waals surface area contributed by atoms with Gasteiger partial charge < -0.3 is 21.7 Å². The van der Waals surface area contributed by atoms with E-state index < -0.39 is 0 Å². The Morgan fingerprint density at radius 1 is 0.773 bits per heavy atom. The van der Waals surface area contributed by atoms with Crippen LogP contribution in [0.5, 0.6) is 11.5 Å². The van der Waals surface area contributed by atoms with E-state index in [1.165, 1.54) is 0 Å². The normalized spacial score (nSPS) is 13.7. The highest BCUT2D eigenvalue weighted by atomic mass is 16.3. The van der Waals surface area contributed by atoms with Crippen LogP contribution in [0.1, 0.15) is 49.7 Å². The van der Waals surface area contributed by atoms with Crippen LogP contribution in [0.2, 0.25) is 0 Å². The van der Waals surface area contributed by atoms with Gasteiger partial charge in [-0.05, 0) is 60.1 Å². The van der Waals surface area contributed by atoms with Crippen molar-refractivity contribution in [1.82, 2.24) is 0 Å². The number of hydrogen-bond acceptors (Lipinski definition) is 4. The van der Waals surface area contributed by atoms with Crippen molar-refractivity contribution in [3.05, 3.63) is 47.5 Å². The molecule has 0 unspecified atom stereocenters. The Labute approximate surface area is 131 Å². The molecule has 2 atom stereocenters. The van der Waals surface area contributed by atoms with Gasteiger partial charge in [0.25, 0.3) is 0 Å². The average Bonchev–Trinajstić information content (AvgIpc) is 2.50. The van der Waals surface area contributed by atoms with Crippen molar-refractivity contribution in [1.29, 1.82) is 0 Å². The van der Waals surface area contributed by atoms with Crippen LogP contribution < -0.4 is 11.5 Å². The lowest BCUT2D eigenvalue weighted by atomic mass is 9.78. The molecule has 0 bridgehead atoms. The second-order valence-corrected chi connectivity index (χ2v) is 5.67. The minimum atomic E-state index is 0.117. The molecule has 0 saturated heterocycles. The maximum absolute atomic E-state index is 9.87. The monoisotopic (exact) mass is 300 g/mol. The smallest absolute Gasteiger partial charge is 0.138 e. The van der Waals surface area contributed by atoms with Gasteiger partial charge in [0.1, 0.15) is 11.5 Å². The lowest BCUT2D eigenvalue weighted by Gasteiger charge is -2.27. The number of phenols is 2. The third-order valence-electron chi connectivity index (χ3n) is 4.33. The van der Waals surface area contributed by atoms with E-state index in [1.807, 2.05) is 12.1 Å². The standard InChI is InChI=1S/C18H24N2O2/c1-3-13(11-5-7-15(19)17(21)9-11)14(4-2)12-6-8-16(20)18(22)10-12/h5-10,13-14,21-22H,3-4,19-20H2,1-2H3/t13-,14+. The van der Waals surface area contributed by atoms with E-state index in [0.29, 0.717) is 11.4 Å². The fourth-order valence-corrected chi connectivity index (χ4v) is 3.09. The molecule has 4 heteroatoms. The van der Waals surface area contributed by atoms with Crippen molar-refractivity contribution >= 4 is 11.4 Å². The van der Waals surface area contributed by atoms with Crippen molar-refractivity contribution in [3.63, 3.8) is 0 Å². The lowest BCUT2D eigenvalue weighted by molar-refractivity contribution is 0.465. The molecule has 2 aromatic carbocycles. The van der Waals surface area contributed by atoms with Gasteiger partial charge in [-0.15, -0.1) is 0 Å². The zero-order valence-electron chi connectivity index (χ0n) is 13.1. The van der Waals surface area contributed by atoms with Crippen molar-refractivity contribution < 1.29 is 10.2 Å². The lowest BCUT2D eigenvalue weighted by Crippen LogP contribution is -2.10. The number of nitrogens with two attached hydrogens (primary N) is 2. The fourth-order valence-electron chi connectivity index (χ4n) is 3.09. The number of aromatic hydroxyl groups is 2. The molecule has 0 spiro atoms. The first-order valence-electron chi connectivity index (χ1n) is 7.64. The highest BCUT2D eigenvalue weighted by molar-refractivity contribution is 5.55. The third-order valence-corrected chi connectivity index (χ3v) is 4.33. The molecule has 0 aliphatic heterocycles. The summed E-state index contributed by atoms with van der Waals surface area (Å²) in [6.07, 6.45) is 1.85. The molecule has 0 aliphatic carbocycles. The van der Waals surface area contributed by atoms with Gasteiger partial charge in [-0.1, -0.05) is 26.0 Å². The predicted octanol–water partition coefficient (Wildman–Crippen LogP) is 3.95. The summed E-state index contributed by atoms with van der Waals surface area (Å²) in [5.41, 5.74) is 14.3. The van der Waals surface area contributed by atoms with Gasteiger partial charge in [-0.2, -0.15) is 0 Å². The molecule has 22 heavy (non-hydrogen) atoms. The summed E-state index contributed by atoms with van der Waals surface area (Å²) < 4.78 is 0. The van der Waals surface area contributed by atoms with Crippen LogP contribution in [0.15, 0.2) is 36.4 Å². The summed E-state index contributed by atoms with van der Waals surface area (Å²) in [7, 11) is 0. The van der Waals surface area contributed by atoms with E-state index in [2.05, 4.69) is 13.8 Å². The van der Waals surface area contributed by atoms with Gasteiger partial charge in [-0.25, -0.2) is 0 Å². The number of rotatable bonds is 5. The van der Waals surface area contributed by atoms with Crippen molar-refractivity contribution in [3.8, 4) is 11.5 Å². The van der Waals surface area contributed by atoms with Gasteiger partial charge in [0, 0.05) is 0 Å². The number of hydrogen-bond donors (Lipinski definition) is 4. The van der Waals surface area contributed by atoms with Gasteiger partial charge in [0.15, 0.2) is 0 Å². The summed E-state index contributed by atoms with van der Waals surface area (Å²) in [5, 5.41) is 19.7. The maximum Gasteiger partial charge on any atom is 0.138 e. The highest BCUT2D eigenvalue weighted by Crippen LogP contribution is 2.41. The number of phenolic OH excluding ortho intramolecular Hbond substituents is 2. The molecule has 0 aliphatic rings. The molecular weight excluding hydrogens is 276 g/mol. The van der Waals surface area contributed by atoms with Crippen LogP contribution in [-0.4, -0.2) is 10.2 Å². The van der Waals surface area contributed by atoms with E-state index >= 15 is 0 Å². The van der Waals surface area contributed by atoms with Crippen LogP contribution in [0.25, 0.3) is 0 Å². The number of benzene rings is 2. The molecular formula is C18H24N2O2. The van der Waals surface area contributed by atoms with E-state index in [1.54, 1.807) is 24.3 Å². The summed E-state index contributed by atoms with van der Waals surface area (Å²) in [6.45, 7) is 4.25. The third kappa shape index (κ3) is 3.11. The first kappa shape index (κ1) is 16.0. The van der Waals surface area contributed by atoms with Crippen molar-refractivity contribution in [2.24, 2.45) is 0 Å². The van der Waals surface area contributed by atoms with Crippen molar-refractivity contribution in [2.75, 3.05) is 11.5 Å². The second-order valence-electron chi connectivity index (χ2n) is 5.67. The molecule has 0 saturated carbocycles. The Morgan fingerprint density at radius 2 is 1.14 bits per heavy atom. The maximum atomic E-state index is 9.87. The topological polar surface area (TPSA) is 92.5 Å². The quantitative estimate of drug-likeness (QED) is 0.497. The Balaban J connectivity index is 2.41. The molecule has 4 nitrogen and oxygen atoms in total. The molecule has 0 radical (unpaired) electrons. The molecule has 0 fully saturated rings. The molecule has 0 amide bonds. The van der Waals surface area contributed by atoms with Crippen LogP contribution in [0.4, 0.5) is 11.4 Å². The van der Waals surface area contributed by atoms with Crippen LogP contribution in [-0.2, 0) is 0 Å². The highest BCUT2D eigenvalue weighted by Gasteiger charge is 2.23. The first-order chi connectivity index (χ1) is 10.5. The second kappa shape index (κ2) is 6.60. The molecule has 2 rings (SSSR count). The van der Waals surface area contributed by atoms with E-state index in [-0.39, 0.29) is 23.3 Å². The van der Waals surface area contributed by atoms with Crippen LogP contribution in [0, 0.1) is 0 Å². The first-order valence-corrected chi connectivity index (χ1v) is 7.64. The molecule has 0 aromatic heterocycles. The van der Waals surface area contributed by atoms with E-state index in [0.717, 1.165) is 24.0 Å². The number of anilines is 2. The van der Waals surface area contributed by atoms with Gasteiger partial charge in [0.05, 0.1) is 11.4 Å². The summed E-state index contributed by atoms with van der Waals surface area (Å²) in [6, 6.07) is 10.9. The zero-order valence-corrected chi connectivity index (χ0v) is 13.1. The average molecular weight is 300 g/mol. The summed E-state index contributed by atoms with van der Waals surface area (Å²) in [4.78, 5) is 0. The largest absolute Gasteiger partial charge is 0.506 e. The minimum absolute atomic E-state index is 0.117. The molecule has 0 heterocycles. The van der Waals surface area contributed by atoms with Crippen LogP contribution in [0.3, 0.4) is 0 Å². The fraction of sp³-hybridized carbons (Fsp3) is 0.333. The van der Waals surface area contributed by atoms with E-state index in [9.17, 15) is 10.2 Å². The summed E-state index contributed by atoms with van der Waals surface area (Å²) in [5.74, 6) is 0.705. The molecule has 2 aromatic rings. The number of nitrogen functional groups attached to an aromatic ring is 2. The van der Waals surface area contributed by atoms with Gasteiger partial charge in [0.2, 0.25) is 0 Å². The Morgan fingerprint density at radius 3 is 1.41 bits per heavy atom. The zero-order chi connectivity index (χ0) is 16.3. The van der Waals surface area contributed by atoms with Gasteiger partial charge in [-0.3, -0.25) is 0 Å². The van der Waals surface area contributed by atoms with Crippen molar-refractivity contribution in [2.45, 2.75) is 38.5 Å². The van der Waals surface area contributed by atoms with Gasteiger partial charge >= 0.3 is 0 Å². The summed E-state index contributed by atoms with van der Waals surface area (Å²) >= 11 is 0. The molecule has 6 N–H and O–H groups in total. The predicted molar refractivity (Wildman–Crippen MR) is 91.1 cm³/mol. The van der Waals surface area contributed by atoms with Crippen LogP contribution >= 0.6 is 0 Å². The minimum Gasteiger partial charge on any atom is -0.506 e. The molecule has 118 valence electrons. The van der Waals surface area contributed by atoms with E-state index in [4.69, 9.17) is 11.5 Å². The Kier molecular flexibility index (Phi) is 4.81. The SMILES string of the molecule is CC[C@H](c1ccc(N)c(O)c1)[C@@H](CC)c1ccc(N)c(O)c1. The Hall–Kier alpha value is -2.36.